The van der Waals surface area contributed by atoms with Crippen molar-refractivity contribution >= 4 is 0 Å². The van der Waals surface area contributed by atoms with E-state index in [-0.39, 0.29) is 6.04 Å². The molecule has 0 amide bonds. The minimum atomic E-state index is 0.204. The fourth-order valence-electron chi connectivity index (χ4n) is 3.05. The summed E-state index contributed by atoms with van der Waals surface area (Å²) in [5, 5.41) is 0. The molecule has 0 radical (unpaired) electrons. The molecule has 1 aromatic rings. The Morgan fingerprint density at radius 3 is 2.71 bits per heavy atom. The van der Waals surface area contributed by atoms with Crippen LogP contribution < -0.4 is 10.5 Å². The first-order chi connectivity index (χ1) is 10.3. The first kappa shape index (κ1) is 16.3. The molecule has 2 rings (SSSR count). The topological polar surface area (TPSA) is 47.7 Å². The zero-order valence-corrected chi connectivity index (χ0v) is 13.3. The molecule has 118 valence electrons. The van der Waals surface area contributed by atoms with E-state index in [1.54, 1.807) is 0 Å². The summed E-state index contributed by atoms with van der Waals surface area (Å²) in [6.45, 7) is 6.14. The monoisotopic (exact) mass is 292 g/mol. The molecule has 21 heavy (non-hydrogen) atoms. The molecule has 0 bridgehead atoms. The molecule has 4 nitrogen and oxygen atoms in total. The molecule has 1 unspecified atom stereocenters. The van der Waals surface area contributed by atoms with Gasteiger partial charge in [0.1, 0.15) is 5.75 Å². The van der Waals surface area contributed by atoms with E-state index in [9.17, 15) is 0 Å². The van der Waals surface area contributed by atoms with Crippen LogP contribution in [0.3, 0.4) is 0 Å². The molecule has 1 aliphatic rings. The summed E-state index contributed by atoms with van der Waals surface area (Å²) >= 11 is 0. The molecule has 1 heterocycles. The van der Waals surface area contributed by atoms with Crippen molar-refractivity contribution in [2.24, 2.45) is 11.7 Å². The number of benzene rings is 1. The van der Waals surface area contributed by atoms with E-state index in [1.807, 2.05) is 19.1 Å². The Bertz CT molecular complexity index is 419. The highest BCUT2D eigenvalue weighted by Gasteiger charge is 2.23. The molecule has 1 aliphatic heterocycles. The average molecular weight is 292 g/mol. The Morgan fingerprint density at radius 2 is 2.05 bits per heavy atom. The highest BCUT2D eigenvalue weighted by atomic mass is 16.5. The van der Waals surface area contributed by atoms with Crippen LogP contribution in [-0.4, -0.2) is 44.9 Å². The number of rotatable bonds is 7. The number of hydrogen-bond donors (Lipinski definition) is 1. The van der Waals surface area contributed by atoms with Crippen molar-refractivity contribution in [3.05, 3.63) is 29.8 Å². The molecule has 1 fully saturated rings. The minimum absolute atomic E-state index is 0.204. The third-order valence-corrected chi connectivity index (χ3v) is 4.22. The highest BCUT2D eigenvalue weighted by molar-refractivity contribution is 5.36. The Morgan fingerprint density at radius 1 is 1.33 bits per heavy atom. The zero-order chi connectivity index (χ0) is 15.1. The van der Waals surface area contributed by atoms with Crippen LogP contribution in [0.25, 0.3) is 0 Å². The summed E-state index contributed by atoms with van der Waals surface area (Å²) in [4.78, 5) is 2.37. The number of nitrogens with zero attached hydrogens (tertiary/aromatic N) is 1. The average Bonchev–Trinajstić information content (AvgIpc) is 2.51. The molecule has 1 atom stereocenters. The van der Waals surface area contributed by atoms with Gasteiger partial charge in [-0.2, -0.15) is 0 Å². The van der Waals surface area contributed by atoms with E-state index in [0.717, 1.165) is 38.3 Å². The van der Waals surface area contributed by atoms with Gasteiger partial charge in [-0.15, -0.1) is 0 Å². The lowest BCUT2D eigenvalue weighted by atomic mass is 9.97. The molecular weight excluding hydrogens is 264 g/mol. The second-order valence-electron chi connectivity index (χ2n) is 5.72. The quantitative estimate of drug-likeness (QED) is 0.838. The number of hydrogen-bond acceptors (Lipinski definition) is 4. The smallest absolute Gasteiger partial charge is 0.124 e. The Kier molecular flexibility index (Phi) is 6.49. The van der Waals surface area contributed by atoms with Gasteiger partial charge in [0.25, 0.3) is 0 Å². The van der Waals surface area contributed by atoms with Gasteiger partial charge in [-0.05, 0) is 38.8 Å². The Balaban J connectivity index is 2.07. The van der Waals surface area contributed by atoms with E-state index in [4.69, 9.17) is 15.2 Å². The maximum atomic E-state index is 6.05. The standard InChI is InChI=1S/C17H28N2O2/c1-3-21-17-7-5-4-6-15(17)16(12-18)19(2)13-14-8-10-20-11-9-14/h4-7,14,16H,3,8-13,18H2,1-2H3. The predicted molar refractivity (Wildman–Crippen MR) is 85.6 cm³/mol. The molecule has 0 saturated carbocycles. The van der Waals surface area contributed by atoms with E-state index in [2.05, 4.69) is 24.1 Å². The van der Waals surface area contributed by atoms with Crippen LogP contribution in [0.5, 0.6) is 5.75 Å². The van der Waals surface area contributed by atoms with Crippen LogP contribution in [0.15, 0.2) is 24.3 Å². The predicted octanol–water partition coefficient (Wildman–Crippen LogP) is 2.44. The van der Waals surface area contributed by atoms with Crippen LogP contribution in [0.2, 0.25) is 0 Å². The SMILES string of the molecule is CCOc1ccccc1C(CN)N(C)CC1CCOCC1. The van der Waals surface area contributed by atoms with E-state index >= 15 is 0 Å². The van der Waals surface area contributed by atoms with E-state index in [0.29, 0.717) is 19.1 Å². The van der Waals surface area contributed by atoms with Gasteiger partial charge in [-0.3, -0.25) is 4.90 Å². The summed E-state index contributed by atoms with van der Waals surface area (Å²) in [6.07, 6.45) is 2.30. The third kappa shape index (κ3) is 4.43. The van der Waals surface area contributed by atoms with Gasteiger partial charge < -0.3 is 15.2 Å². The van der Waals surface area contributed by atoms with E-state index in [1.165, 1.54) is 5.56 Å². The summed E-state index contributed by atoms with van der Waals surface area (Å²) in [5.74, 6) is 1.66. The zero-order valence-electron chi connectivity index (χ0n) is 13.3. The molecule has 1 aromatic carbocycles. The molecular formula is C17H28N2O2. The van der Waals surface area contributed by atoms with Crippen LogP contribution in [-0.2, 0) is 4.74 Å². The van der Waals surface area contributed by atoms with Crippen molar-refractivity contribution in [1.29, 1.82) is 0 Å². The first-order valence-electron chi connectivity index (χ1n) is 7.96. The van der Waals surface area contributed by atoms with Crippen molar-refractivity contribution in [2.45, 2.75) is 25.8 Å². The van der Waals surface area contributed by atoms with Gasteiger partial charge in [-0.25, -0.2) is 0 Å². The number of ether oxygens (including phenoxy) is 2. The number of para-hydroxylation sites is 1. The van der Waals surface area contributed by atoms with Crippen LogP contribution in [0.1, 0.15) is 31.4 Å². The normalized spacial score (nSPS) is 17.9. The molecule has 0 aliphatic carbocycles. The number of likely N-dealkylation sites (N-methyl/N-ethyl adjacent to an activating group) is 1. The third-order valence-electron chi connectivity index (χ3n) is 4.22. The second-order valence-corrected chi connectivity index (χ2v) is 5.72. The van der Waals surface area contributed by atoms with Gasteiger partial charge in [-0.1, -0.05) is 18.2 Å². The fourth-order valence-corrected chi connectivity index (χ4v) is 3.05. The lowest BCUT2D eigenvalue weighted by molar-refractivity contribution is 0.0505. The Hall–Kier alpha value is -1.10. The Labute approximate surface area is 128 Å². The minimum Gasteiger partial charge on any atom is -0.494 e. The molecule has 0 spiro atoms. The fraction of sp³-hybridized carbons (Fsp3) is 0.647. The number of nitrogens with two attached hydrogens (primary N) is 1. The van der Waals surface area contributed by atoms with Crippen molar-refractivity contribution in [1.82, 2.24) is 4.90 Å². The second kappa shape index (κ2) is 8.37. The lowest BCUT2D eigenvalue weighted by Crippen LogP contribution is -2.36. The van der Waals surface area contributed by atoms with Gasteiger partial charge in [0.15, 0.2) is 0 Å². The van der Waals surface area contributed by atoms with Crippen molar-refractivity contribution in [3.63, 3.8) is 0 Å². The van der Waals surface area contributed by atoms with Crippen molar-refractivity contribution < 1.29 is 9.47 Å². The maximum Gasteiger partial charge on any atom is 0.124 e. The lowest BCUT2D eigenvalue weighted by Gasteiger charge is -2.33. The van der Waals surface area contributed by atoms with Gasteiger partial charge in [0.2, 0.25) is 0 Å². The molecule has 2 N–H and O–H groups in total. The summed E-state index contributed by atoms with van der Waals surface area (Å²) in [6, 6.07) is 8.44. The van der Waals surface area contributed by atoms with Gasteiger partial charge in [0.05, 0.1) is 12.6 Å². The highest BCUT2D eigenvalue weighted by Crippen LogP contribution is 2.29. The maximum absolute atomic E-state index is 6.05. The van der Waals surface area contributed by atoms with Crippen molar-refractivity contribution in [3.8, 4) is 5.75 Å². The van der Waals surface area contributed by atoms with Crippen molar-refractivity contribution in [2.75, 3.05) is 40.0 Å². The molecule has 1 saturated heterocycles. The van der Waals surface area contributed by atoms with Gasteiger partial charge >= 0.3 is 0 Å². The van der Waals surface area contributed by atoms with Gasteiger partial charge in [0, 0.05) is 31.9 Å². The van der Waals surface area contributed by atoms with Crippen LogP contribution in [0.4, 0.5) is 0 Å². The van der Waals surface area contributed by atoms with Crippen LogP contribution >= 0.6 is 0 Å². The van der Waals surface area contributed by atoms with E-state index < -0.39 is 0 Å². The summed E-state index contributed by atoms with van der Waals surface area (Å²) in [7, 11) is 2.16. The molecule has 0 aromatic heterocycles. The first-order valence-corrected chi connectivity index (χ1v) is 7.96. The molecule has 4 heteroatoms. The summed E-state index contributed by atoms with van der Waals surface area (Å²) < 4.78 is 11.2. The summed E-state index contributed by atoms with van der Waals surface area (Å²) in [5.41, 5.74) is 7.25. The largest absolute Gasteiger partial charge is 0.494 e. The van der Waals surface area contributed by atoms with Crippen LogP contribution in [0, 0.1) is 5.92 Å².